The molecule has 0 bridgehead atoms. The molecule has 1 atom stereocenters. The third-order valence-electron chi connectivity index (χ3n) is 3.67. The fourth-order valence-electron chi connectivity index (χ4n) is 2.50. The van der Waals surface area contributed by atoms with Crippen molar-refractivity contribution in [2.75, 3.05) is 7.11 Å². The Hall–Kier alpha value is -2.93. The maximum Gasteiger partial charge on any atom is 0.246 e. The number of amides is 1. The molecular weight excluding hydrogens is 347 g/mol. The molecule has 0 aliphatic carbocycles. The maximum absolute atomic E-state index is 13.1. The Morgan fingerprint density at radius 3 is 2.64 bits per heavy atom. The summed E-state index contributed by atoms with van der Waals surface area (Å²) in [5.41, 5.74) is 7.10. The number of methoxy groups -OCH3 is 1. The van der Waals surface area contributed by atoms with Crippen LogP contribution in [-0.2, 0) is 4.79 Å². The summed E-state index contributed by atoms with van der Waals surface area (Å²) in [7, 11) is 1.53. The van der Waals surface area contributed by atoms with Crippen LogP contribution in [0.2, 0.25) is 5.02 Å². The van der Waals surface area contributed by atoms with E-state index in [0.29, 0.717) is 27.6 Å². The van der Waals surface area contributed by atoms with Crippen molar-refractivity contribution in [3.8, 4) is 17.0 Å². The first-order valence-electron chi connectivity index (χ1n) is 7.30. The van der Waals surface area contributed by atoms with Gasteiger partial charge >= 0.3 is 0 Å². The minimum atomic E-state index is -0.910. The number of nitrogens with two attached hydrogens (primary N) is 1. The van der Waals surface area contributed by atoms with Crippen LogP contribution >= 0.6 is 11.6 Å². The van der Waals surface area contributed by atoms with Gasteiger partial charge in [-0.1, -0.05) is 28.9 Å². The summed E-state index contributed by atoms with van der Waals surface area (Å²) in [6, 6.07) is 9.64. The SMILES string of the molecule is COc1ccc(Cl)cc1-c1cn(C(C(N)=O)c2ccc(F)cc2)nn1. The zero-order valence-electron chi connectivity index (χ0n) is 13.2. The van der Waals surface area contributed by atoms with Crippen LogP contribution in [-0.4, -0.2) is 28.0 Å². The molecule has 1 unspecified atom stereocenters. The zero-order chi connectivity index (χ0) is 18.0. The molecule has 0 saturated heterocycles. The Morgan fingerprint density at radius 1 is 1.28 bits per heavy atom. The molecule has 2 N–H and O–H groups in total. The average Bonchev–Trinajstić information content (AvgIpc) is 3.06. The van der Waals surface area contributed by atoms with Crippen LogP contribution in [0.5, 0.6) is 5.75 Å². The Balaban J connectivity index is 2.03. The van der Waals surface area contributed by atoms with E-state index in [1.165, 1.54) is 36.1 Å². The molecule has 2 aromatic carbocycles. The number of carbonyl (C=O) groups excluding carboxylic acids is 1. The monoisotopic (exact) mass is 360 g/mol. The van der Waals surface area contributed by atoms with Gasteiger partial charge in [0.1, 0.15) is 17.3 Å². The molecule has 1 heterocycles. The van der Waals surface area contributed by atoms with Crippen LogP contribution in [0, 0.1) is 5.82 Å². The molecular formula is C17H14ClFN4O2. The van der Waals surface area contributed by atoms with E-state index in [1.54, 1.807) is 24.4 Å². The number of hydrogen-bond acceptors (Lipinski definition) is 4. The first-order chi connectivity index (χ1) is 12.0. The summed E-state index contributed by atoms with van der Waals surface area (Å²) in [6.45, 7) is 0. The van der Waals surface area contributed by atoms with Crippen LogP contribution in [0.4, 0.5) is 4.39 Å². The third kappa shape index (κ3) is 3.46. The van der Waals surface area contributed by atoms with Gasteiger partial charge in [0.15, 0.2) is 6.04 Å². The predicted molar refractivity (Wildman–Crippen MR) is 90.8 cm³/mol. The summed E-state index contributed by atoms with van der Waals surface area (Å²) in [4.78, 5) is 11.9. The van der Waals surface area contributed by atoms with Crippen molar-refractivity contribution in [2.45, 2.75) is 6.04 Å². The molecule has 3 aromatic rings. The largest absolute Gasteiger partial charge is 0.496 e. The summed E-state index contributed by atoms with van der Waals surface area (Å²) in [6.07, 6.45) is 1.56. The van der Waals surface area contributed by atoms with Gasteiger partial charge in [-0.15, -0.1) is 5.10 Å². The second kappa shape index (κ2) is 6.90. The normalized spacial score (nSPS) is 12.0. The zero-order valence-corrected chi connectivity index (χ0v) is 13.9. The van der Waals surface area contributed by atoms with Crippen LogP contribution in [0.15, 0.2) is 48.7 Å². The molecule has 3 rings (SSSR count). The van der Waals surface area contributed by atoms with Crippen molar-refractivity contribution >= 4 is 17.5 Å². The minimum absolute atomic E-state index is 0.407. The number of aromatic nitrogens is 3. The lowest BCUT2D eigenvalue weighted by Gasteiger charge is -2.13. The Kier molecular flexibility index (Phi) is 4.67. The summed E-state index contributed by atoms with van der Waals surface area (Å²) in [5.74, 6) is -0.482. The molecule has 6 nitrogen and oxygen atoms in total. The fraction of sp³-hybridized carbons (Fsp3) is 0.118. The van der Waals surface area contributed by atoms with Crippen molar-refractivity contribution in [1.82, 2.24) is 15.0 Å². The highest BCUT2D eigenvalue weighted by Crippen LogP contribution is 2.31. The number of primary amides is 1. The number of nitrogens with zero attached hydrogens (tertiary/aromatic N) is 3. The summed E-state index contributed by atoms with van der Waals surface area (Å²) in [5, 5.41) is 8.58. The second-order valence-electron chi connectivity index (χ2n) is 5.28. The van der Waals surface area contributed by atoms with Gasteiger partial charge in [0.2, 0.25) is 5.91 Å². The van der Waals surface area contributed by atoms with Gasteiger partial charge in [-0.2, -0.15) is 0 Å². The first-order valence-corrected chi connectivity index (χ1v) is 7.68. The molecule has 1 aromatic heterocycles. The number of halogens is 2. The molecule has 0 spiro atoms. The van der Waals surface area contributed by atoms with Crippen LogP contribution < -0.4 is 10.5 Å². The molecule has 0 fully saturated rings. The molecule has 0 aliphatic rings. The van der Waals surface area contributed by atoms with Gasteiger partial charge in [-0.3, -0.25) is 4.79 Å². The molecule has 8 heteroatoms. The standard InChI is InChI=1S/C17H14ClFN4O2/c1-25-15-7-4-11(18)8-13(15)14-9-23(22-21-14)16(17(20)24)10-2-5-12(19)6-3-10/h2-9,16H,1H3,(H2,20,24). The van der Waals surface area contributed by atoms with E-state index in [0.717, 1.165) is 0 Å². The number of benzene rings is 2. The van der Waals surface area contributed by atoms with E-state index < -0.39 is 17.8 Å². The van der Waals surface area contributed by atoms with Crippen LogP contribution in [0.25, 0.3) is 11.3 Å². The molecule has 1 amide bonds. The molecule has 0 aliphatic heterocycles. The van der Waals surface area contributed by atoms with Gasteiger partial charge in [0, 0.05) is 10.6 Å². The summed E-state index contributed by atoms with van der Waals surface area (Å²) >= 11 is 6.03. The Morgan fingerprint density at radius 2 is 2.00 bits per heavy atom. The van der Waals surface area contributed by atoms with Gasteiger partial charge in [0.05, 0.1) is 13.3 Å². The van der Waals surface area contributed by atoms with Crippen molar-refractivity contribution in [3.05, 3.63) is 65.1 Å². The Bertz CT molecular complexity index is 911. The van der Waals surface area contributed by atoms with Gasteiger partial charge in [-0.25, -0.2) is 9.07 Å². The highest BCUT2D eigenvalue weighted by molar-refractivity contribution is 6.30. The number of carbonyl (C=O) groups is 1. The first kappa shape index (κ1) is 16.9. The van der Waals surface area contributed by atoms with E-state index in [9.17, 15) is 9.18 Å². The topological polar surface area (TPSA) is 83.0 Å². The van der Waals surface area contributed by atoms with Gasteiger partial charge in [-0.05, 0) is 35.9 Å². The van der Waals surface area contributed by atoms with Crippen molar-refractivity contribution < 1.29 is 13.9 Å². The lowest BCUT2D eigenvalue weighted by atomic mass is 10.1. The maximum atomic E-state index is 13.1. The molecule has 0 saturated carbocycles. The van der Waals surface area contributed by atoms with E-state index in [1.807, 2.05) is 0 Å². The minimum Gasteiger partial charge on any atom is -0.496 e. The third-order valence-corrected chi connectivity index (χ3v) is 3.90. The highest BCUT2D eigenvalue weighted by Gasteiger charge is 2.22. The number of rotatable bonds is 5. The van der Waals surface area contributed by atoms with Crippen LogP contribution in [0.3, 0.4) is 0 Å². The smallest absolute Gasteiger partial charge is 0.246 e. The highest BCUT2D eigenvalue weighted by atomic mass is 35.5. The predicted octanol–water partition coefficient (Wildman–Crippen LogP) is 2.82. The van der Waals surface area contributed by atoms with E-state index in [2.05, 4.69) is 10.3 Å². The quantitative estimate of drug-likeness (QED) is 0.758. The van der Waals surface area contributed by atoms with Gasteiger partial charge in [0.25, 0.3) is 0 Å². The van der Waals surface area contributed by atoms with E-state index in [4.69, 9.17) is 22.1 Å². The summed E-state index contributed by atoms with van der Waals surface area (Å²) < 4.78 is 19.7. The average molecular weight is 361 g/mol. The molecule has 128 valence electrons. The van der Waals surface area contributed by atoms with Crippen molar-refractivity contribution in [3.63, 3.8) is 0 Å². The van der Waals surface area contributed by atoms with Crippen LogP contribution in [0.1, 0.15) is 11.6 Å². The van der Waals surface area contributed by atoms with E-state index >= 15 is 0 Å². The van der Waals surface area contributed by atoms with E-state index in [-0.39, 0.29) is 0 Å². The molecule has 0 radical (unpaired) electrons. The number of ether oxygens (including phenoxy) is 1. The second-order valence-corrected chi connectivity index (χ2v) is 5.72. The van der Waals surface area contributed by atoms with Crippen molar-refractivity contribution in [2.24, 2.45) is 5.73 Å². The lowest BCUT2D eigenvalue weighted by molar-refractivity contribution is -0.120. The van der Waals surface area contributed by atoms with Gasteiger partial charge < -0.3 is 10.5 Å². The molecule has 25 heavy (non-hydrogen) atoms. The lowest BCUT2D eigenvalue weighted by Crippen LogP contribution is -2.28. The van der Waals surface area contributed by atoms with Crippen molar-refractivity contribution in [1.29, 1.82) is 0 Å². The number of hydrogen-bond donors (Lipinski definition) is 1. The Labute approximate surface area is 148 Å². The fourth-order valence-corrected chi connectivity index (χ4v) is 2.67.